The molecule has 0 radical (unpaired) electrons. The van der Waals surface area contributed by atoms with E-state index in [0.717, 1.165) is 28.3 Å². The van der Waals surface area contributed by atoms with Gasteiger partial charge in [0.15, 0.2) is 0 Å². The molecule has 0 bridgehead atoms. The van der Waals surface area contributed by atoms with Crippen LogP contribution in [0.1, 0.15) is 11.3 Å². The van der Waals surface area contributed by atoms with Gasteiger partial charge in [-0.25, -0.2) is 4.98 Å². The predicted molar refractivity (Wildman–Crippen MR) is 62.5 cm³/mol. The van der Waals surface area contributed by atoms with Crippen molar-refractivity contribution in [2.45, 2.75) is 13.8 Å². The number of aryl methyl sites for hydroxylation is 3. The predicted octanol–water partition coefficient (Wildman–Crippen LogP) is 2.29. The summed E-state index contributed by atoms with van der Waals surface area (Å²) < 4.78 is 2.01. The van der Waals surface area contributed by atoms with E-state index in [1.807, 2.05) is 49.9 Å². The van der Waals surface area contributed by atoms with Gasteiger partial charge in [-0.1, -0.05) is 12.1 Å². The van der Waals surface area contributed by atoms with E-state index in [9.17, 15) is 0 Å². The minimum atomic E-state index is 0.813. The normalized spacial score (nSPS) is 10.6. The molecule has 0 saturated carbocycles. The molecule has 3 nitrogen and oxygen atoms in total. The number of imidazole rings is 1. The minimum Gasteiger partial charge on any atom is -0.398 e. The molecule has 1 heterocycles. The summed E-state index contributed by atoms with van der Waals surface area (Å²) in [6, 6.07) is 6.04. The standard InChI is InChI=1S/C12H15N3/c1-8-4-5-10(6-11(8)13)12-14-9(2)7-15(12)3/h4-7H,13H2,1-3H3. The molecule has 0 spiro atoms. The Balaban J connectivity index is 2.54. The second kappa shape index (κ2) is 3.42. The topological polar surface area (TPSA) is 43.8 Å². The molecular formula is C12H15N3. The molecule has 0 fully saturated rings. The Morgan fingerprint density at radius 3 is 2.53 bits per heavy atom. The number of hydrogen-bond acceptors (Lipinski definition) is 2. The van der Waals surface area contributed by atoms with Gasteiger partial charge in [0.05, 0.1) is 5.69 Å². The van der Waals surface area contributed by atoms with E-state index in [4.69, 9.17) is 5.73 Å². The molecule has 15 heavy (non-hydrogen) atoms. The average molecular weight is 201 g/mol. The second-order valence-electron chi connectivity index (χ2n) is 3.89. The zero-order chi connectivity index (χ0) is 11.0. The molecule has 3 heteroatoms. The van der Waals surface area contributed by atoms with Crippen LogP contribution < -0.4 is 5.73 Å². The third-order valence-corrected chi connectivity index (χ3v) is 2.53. The first-order valence-electron chi connectivity index (χ1n) is 4.94. The highest BCUT2D eigenvalue weighted by molar-refractivity contribution is 5.64. The number of nitrogen functional groups attached to an aromatic ring is 1. The van der Waals surface area contributed by atoms with Gasteiger partial charge in [-0.2, -0.15) is 0 Å². The maximum absolute atomic E-state index is 5.88. The fourth-order valence-electron chi connectivity index (χ4n) is 1.66. The van der Waals surface area contributed by atoms with E-state index in [-0.39, 0.29) is 0 Å². The van der Waals surface area contributed by atoms with Gasteiger partial charge in [-0.15, -0.1) is 0 Å². The lowest BCUT2D eigenvalue weighted by Gasteiger charge is -2.04. The Morgan fingerprint density at radius 1 is 1.27 bits per heavy atom. The number of rotatable bonds is 1. The third kappa shape index (κ3) is 1.73. The Morgan fingerprint density at radius 2 is 2.00 bits per heavy atom. The monoisotopic (exact) mass is 201 g/mol. The molecule has 2 rings (SSSR count). The van der Waals surface area contributed by atoms with Crippen molar-refractivity contribution in [2.24, 2.45) is 7.05 Å². The summed E-state index contributed by atoms with van der Waals surface area (Å²) in [7, 11) is 1.99. The van der Waals surface area contributed by atoms with Crippen LogP contribution in [0.15, 0.2) is 24.4 Å². The summed E-state index contributed by atoms with van der Waals surface area (Å²) in [5.74, 6) is 0.958. The van der Waals surface area contributed by atoms with Gasteiger partial charge < -0.3 is 10.3 Å². The van der Waals surface area contributed by atoms with E-state index in [0.29, 0.717) is 0 Å². The number of hydrogen-bond donors (Lipinski definition) is 1. The minimum absolute atomic E-state index is 0.813. The highest BCUT2D eigenvalue weighted by Crippen LogP contribution is 2.22. The third-order valence-electron chi connectivity index (χ3n) is 2.53. The van der Waals surface area contributed by atoms with Crippen LogP contribution in [0.5, 0.6) is 0 Å². The van der Waals surface area contributed by atoms with Gasteiger partial charge in [-0.3, -0.25) is 0 Å². The second-order valence-corrected chi connectivity index (χ2v) is 3.89. The zero-order valence-electron chi connectivity index (χ0n) is 9.28. The maximum Gasteiger partial charge on any atom is 0.140 e. The molecular weight excluding hydrogens is 186 g/mol. The molecule has 0 unspecified atom stereocenters. The maximum atomic E-state index is 5.88. The fraction of sp³-hybridized carbons (Fsp3) is 0.250. The van der Waals surface area contributed by atoms with Crippen molar-refractivity contribution >= 4 is 5.69 Å². The fourth-order valence-corrected chi connectivity index (χ4v) is 1.66. The van der Waals surface area contributed by atoms with Crippen LogP contribution in [-0.4, -0.2) is 9.55 Å². The first-order chi connectivity index (χ1) is 7.08. The van der Waals surface area contributed by atoms with Crippen LogP contribution in [0.3, 0.4) is 0 Å². The van der Waals surface area contributed by atoms with Gasteiger partial charge in [-0.05, 0) is 25.5 Å². The van der Waals surface area contributed by atoms with Crippen LogP contribution >= 0.6 is 0 Å². The van der Waals surface area contributed by atoms with Crippen LogP contribution in [0.25, 0.3) is 11.4 Å². The lowest BCUT2D eigenvalue weighted by Crippen LogP contribution is -1.94. The molecule has 0 aliphatic heterocycles. The Kier molecular flexibility index (Phi) is 2.23. The summed E-state index contributed by atoms with van der Waals surface area (Å²) in [6.07, 6.45) is 2.01. The van der Waals surface area contributed by atoms with Crippen molar-refractivity contribution in [2.75, 3.05) is 5.73 Å². The highest BCUT2D eigenvalue weighted by atomic mass is 15.0. The van der Waals surface area contributed by atoms with Gasteiger partial charge in [0, 0.05) is 24.5 Å². The van der Waals surface area contributed by atoms with Gasteiger partial charge in [0.2, 0.25) is 0 Å². The van der Waals surface area contributed by atoms with Crippen LogP contribution in [0.4, 0.5) is 5.69 Å². The Labute approximate surface area is 89.6 Å². The summed E-state index contributed by atoms with van der Waals surface area (Å²) in [5, 5.41) is 0. The van der Waals surface area contributed by atoms with E-state index in [1.54, 1.807) is 0 Å². The SMILES string of the molecule is Cc1cn(C)c(-c2ccc(C)c(N)c2)n1. The molecule has 78 valence electrons. The first kappa shape index (κ1) is 9.77. The first-order valence-corrected chi connectivity index (χ1v) is 4.94. The summed E-state index contributed by atoms with van der Waals surface area (Å²) in [5.41, 5.74) is 9.88. The molecule has 0 amide bonds. The van der Waals surface area contributed by atoms with Crippen molar-refractivity contribution in [3.8, 4) is 11.4 Å². The van der Waals surface area contributed by atoms with Crippen molar-refractivity contribution in [3.05, 3.63) is 35.7 Å². The molecule has 0 saturated heterocycles. The molecule has 0 atom stereocenters. The van der Waals surface area contributed by atoms with Gasteiger partial charge in [0.25, 0.3) is 0 Å². The molecule has 1 aromatic heterocycles. The molecule has 0 aliphatic rings. The smallest absolute Gasteiger partial charge is 0.140 e. The number of nitrogens with two attached hydrogens (primary N) is 1. The number of aromatic nitrogens is 2. The van der Waals surface area contributed by atoms with Crippen molar-refractivity contribution < 1.29 is 0 Å². The van der Waals surface area contributed by atoms with Crippen LogP contribution in [0.2, 0.25) is 0 Å². The average Bonchev–Trinajstić information content (AvgIpc) is 2.50. The largest absolute Gasteiger partial charge is 0.398 e. The Bertz CT molecular complexity index is 498. The van der Waals surface area contributed by atoms with Crippen molar-refractivity contribution in [1.29, 1.82) is 0 Å². The molecule has 2 N–H and O–H groups in total. The summed E-state index contributed by atoms with van der Waals surface area (Å²) in [4.78, 5) is 4.46. The van der Waals surface area contributed by atoms with E-state index >= 15 is 0 Å². The molecule has 2 aromatic rings. The number of nitrogens with zero attached hydrogens (tertiary/aromatic N) is 2. The number of benzene rings is 1. The van der Waals surface area contributed by atoms with E-state index in [2.05, 4.69) is 4.98 Å². The lowest BCUT2D eigenvalue weighted by atomic mass is 10.1. The van der Waals surface area contributed by atoms with Crippen LogP contribution in [-0.2, 0) is 7.05 Å². The van der Waals surface area contributed by atoms with Crippen molar-refractivity contribution in [1.82, 2.24) is 9.55 Å². The van der Waals surface area contributed by atoms with Crippen molar-refractivity contribution in [3.63, 3.8) is 0 Å². The Hall–Kier alpha value is -1.77. The van der Waals surface area contributed by atoms with Gasteiger partial charge >= 0.3 is 0 Å². The van der Waals surface area contributed by atoms with Crippen LogP contribution in [0, 0.1) is 13.8 Å². The highest BCUT2D eigenvalue weighted by Gasteiger charge is 2.06. The lowest BCUT2D eigenvalue weighted by molar-refractivity contribution is 0.924. The van der Waals surface area contributed by atoms with E-state index < -0.39 is 0 Å². The number of anilines is 1. The summed E-state index contributed by atoms with van der Waals surface area (Å²) >= 11 is 0. The molecule has 0 aliphatic carbocycles. The molecule has 1 aromatic carbocycles. The zero-order valence-corrected chi connectivity index (χ0v) is 9.28. The van der Waals surface area contributed by atoms with E-state index in [1.165, 1.54) is 0 Å². The quantitative estimate of drug-likeness (QED) is 0.719. The summed E-state index contributed by atoms with van der Waals surface area (Å²) in [6.45, 7) is 3.99. The van der Waals surface area contributed by atoms with Gasteiger partial charge in [0.1, 0.15) is 5.82 Å².